The van der Waals surface area contributed by atoms with E-state index >= 15 is 0 Å². The van der Waals surface area contributed by atoms with Gasteiger partial charge in [0.15, 0.2) is 0 Å². The first-order valence-corrected chi connectivity index (χ1v) is 7.89. The lowest BCUT2D eigenvalue weighted by Gasteiger charge is -2.24. The highest BCUT2D eigenvalue weighted by atomic mass is 16.5. The van der Waals surface area contributed by atoms with E-state index in [1.807, 2.05) is 0 Å². The molecule has 2 aromatic rings. The number of para-hydroxylation sites is 1. The van der Waals surface area contributed by atoms with Crippen molar-refractivity contribution in [3.63, 3.8) is 0 Å². The van der Waals surface area contributed by atoms with E-state index in [4.69, 9.17) is 4.74 Å². The molecule has 0 amide bonds. The molecule has 1 unspecified atom stereocenters. The zero-order valence-corrected chi connectivity index (χ0v) is 12.4. The summed E-state index contributed by atoms with van der Waals surface area (Å²) in [5, 5.41) is 3.58. The summed E-state index contributed by atoms with van der Waals surface area (Å²) in [6.07, 6.45) is 5.01. The van der Waals surface area contributed by atoms with Gasteiger partial charge in [-0.05, 0) is 42.9 Å². The summed E-state index contributed by atoms with van der Waals surface area (Å²) in [4.78, 5) is 0. The van der Waals surface area contributed by atoms with Gasteiger partial charge in [0.05, 0.1) is 6.10 Å². The average molecular weight is 281 g/mol. The molecule has 0 radical (unpaired) electrons. The third-order valence-corrected chi connectivity index (χ3v) is 4.05. The zero-order valence-electron chi connectivity index (χ0n) is 12.4. The van der Waals surface area contributed by atoms with E-state index in [-0.39, 0.29) is 0 Å². The van der Waals surface area contributed by atoms with Crippen LogP contribution in [0.2, 0.25) is 0 Å². The molecule has 1 heterocycles. The smallest absolute Gasteiger partial charge is 0.0747 e. The normalized spacial score (nSPS) is 18.4. The van der Waals surface area contributed by atoms with E-state index < -0.39 is 0 Å². The second kappa shape index (κ2) is 7.28. The summed E-state index contributed by atoms with van der Waals surface area (Å²) in [5.41, 5.74) is 3.93. The molecule has 0 aromatic heterocycles. The Bertz CT molecular complexity index is 547. The Morgan fingerprint density at radius 2 is 1.76 bits per heavy atom. The molecule has 1 atom stereocenters. The van der Waals surface area contributed by atoms with Gasteiger partial charge in [0.25, 0.3) is 0 Å². The topological polar surface area (TPSA) is 21.3 Å². The Morgan fingerprint density at radius 3 is 2.57 bits per heavy atom. The van der Waals surface area contributed by atoms with Crippen molar-refractivity contribution in [2.24, 2.45) is 0 Å². The third-order valence-electron chi connectivity index (χ3n) is 4.05. The highest BCUT2D eigenvalue weighted by Gasteiger charge is 2.13. The summed E-state index contributed by atoms with van der Waals surface area (Å²) in [7, 11) is 0. The molecule has 1 fully saturated rings. The molecule has 0 aliphatic carbocycles. The van der Waals surface area contributed by atoms with E-state index in [1.165, 1.54) is 36.1 Å². The Labute approximate surface area is 127 Å². The predicted octanol–water partition coefficient (Wildman–Crippen LogP) is 4.26. The highest BCUT2D eigenvalue weighted by molar-refractivity contribution is 5.52. The van der Waals surface area contributed by atoms with Crippen LogP contribution in [0.3, 0.4) is 0 Å². The number of anilines is 1. The van der Waals surface area contributed by atoms with Crippen molar-refractivity contribution < 1.29 is 4.74 Å². The first-order valence-electron chi connectivity index (χ1n) is 7.89. The van der Waals surface area contributed by atoms with Crippen LogP contribution in [0.15, 0.2) is 54.6 Å². The van der Waals surface area contributed by atoms with Gasteiger partial charge in [0, 0.05) is 18.8 Å². The van der Waals surface area contributed by atoms with Crippen LogP contribution >= 0.6 is 0 Å². The molecule has 1 aliphatic rings. The standard InChI is InChI=1S/C19H23NO/c1-2-8-16(9-3-1)14-17-10-4-5-12-19(17)20-15-18-11-6-7-13-21-18/h1-5,8-10,12,18,20H,6-7,11,13-15H2. The lowest BCUT2D eigenvalue weighted by molar-refractivity contribution is 0.0247. The Hall–Kier alpha value is -1.80. The molecule has 2 nitrogen and oxygen atoms in total. The average Bonchev–Trinajstić information content (AvgIpc) is 2.56. The quantitative estimate of drug-likeness (QED) is 0.884. The summed E-state index contributed by atoms with van der Waals surface area (Å²) in [6, 6.07) is 19.2. The number of hydrogen-bond donors (Lipinski definition) is 1. The maximum atomic E-state index is 5.80. The molecule has 0 bridgehead atoms. The van der Waals surface area contributed by atoms with Crippen LogP contribution in [0.25, 0.3) is 0 Å². The molecule has 0 saturated carbocycles. The zero-order chi connectivity index (χ0) is 14.3. The van der Waals surface area contributed by atoms with Gasteiger partial charge in [-0.15, -0.1) is 0 Å². The summed E-state index contributed by atoms with van der Waals surface area (Å²) in [5.74, 6) is 0. The SMILES string of the molecule is c1ccc(Cc2ccccc2NCC2CCCCO2)cc1. The largest absolute Gasteiger partial charge is 0.382 e. The predicted molar refractivity (Wildman–Crippen MR) is 87.8 cm³/mol. The van der Waals surface area contributed by atoms with Crippen molar-refractivity contribution >= 4 is 5.69 Å². The van der Waals surface area contributed by atoms with Crippen molar-refractivity contribution in [3.05, 3.63) is 65.7 Å². The minimum absolute atomic E-state index is 0.364. The van der Waals surface area contributed by atoms with E-state index in [0.29, 0.717) is 6.10 Å². The number of hydrogen-bond acceptors (Lipinski definition) is 2. The van der Waals surface area contributed by atoms with E-state index in [2.05, 4.69) is 59.9 Å². The lowest BCUT2D eigenvalue weighted by Crippen LogP contribution is -2.27. The van der Waals surface area contributed by atoms with Gasteiger partial charge < -0.3 is 10.1 Å². The Kier molecular flexibility index (Phi) is 4.90. The Morgan fingerprint density at radius 1 is 0.952 bits per heavy atom. The molecule has 2 heteroatoms. The molecule has 1 N–H and O–H groups in total. The first-order chi connectivity index (χ1) is 10.4. The highest BCUT2D eigenvalue weighted by Crippen LogP contribution is 2.20. The van der Waals surface area contributed by atoms with Gasteiger partial charge in [-0.25, -0.2) is 0 Å². The van der Waals surface area contributed by atoms with Crippen molar-refractivity contribution in [2.75, 3.05) is 18.5 Å². The van der Waals surface area contributed by atoms with Crippen LogP contribution in [0.1, 0.15) is 30.4 Å². The monoisotopic (exact) mass is 281 g/mol. The van der Waals surface area contributed by atoms with E-state index in [9.17, 15) is 0 Å². The summed E-state index contributed by atoms with van der Waals surface area (Å²) >= 11 is 0. The van der Waals surface area contributed by atoms with Crippen LogP contribution in [0.5, 0.6) is 0 Å². The Balaban J connectivity index is 1.64. The van der Waals surface area contributed by atoms with Crippen molar-refractivity contribution in [2.45, 2.75) is 31.8 Å². The van der Waals surface area contributed by atoms with Crippen molar-refractivity contribution in [1.82, 2.24) is 0 Å². The maximum Gasteiger partial charge on any atom is 0.0747 e. The molecule has 21 heavy (non-hydrogen) atoms. The molecular weight excluding hydrogens is 258 g/mol. The maximum absolute atomic E-state index is 5.80. The van der Waals surface area contributed by atoms with Crippen molar-refractivity contribution in [1.29, 1.82) is 0 Å². The van der Waals surface area contributed by atoms with E-state index in [1.54, 1.807) is 0 Å². The lowest BCUT2D eigenvalue weighted by atomic mass is 10.0. The number of ether oxygens (including phenoxy) is 1. The molecule has 1 aliphatic heterocycles. The number of rotatable bonds is 5. The van der Waals surface area contributed by atoms with Gasteiger partial charge in [-0.3, -0.25) is 0 Å². The van der Waals surface area contributed by atoms with Crippen LogP contribution in [0, 0.1) is 0 Å². The summed E-state index contributed by atoms with van der Waals surface area (Å²) < 4.78 is 5.80. The molecule has 3 rings (SSSR count). The van der Waals surface area contributed by atoms with Crippen LogP contribution < -0.4 is 5.32 Å². The second-order valence-corrected chi connectivity index (χ2v) is 5.69. The van der Waals surface area contributed by atoms with E-state index in [0.717, 1.165) is 19.6 Å². The van der Waals surface area contributed by atoms with Gasteiger partial charge in [-0.2, -0.15) is 0 Å². The number of nitrogens with one attached hydrogen (secondary N) is 1. The fourth-order valence-electron chi connectivity index (χ4n) is 2.85. The van der Waals surface area contributed by atoms with Crippen LogP contribution in [-0.2, 0) is 11.2 Å². The molecule has 110 valence electrons. The molecular formula is C19H23NO. The minimum atomic E-state index is 0.364. The third kappa shape index (κ3) is 4.08. The molecule has 0 spiro atoms. The fraction of sp³-hybridized carbons (Fsp3) is 0.368. The van der Waals surface area contributed by atoms with Crippen molar-refractivity contribution in [3.8, 4) is 0 Å². The van der Waals surface area contributed by atoms with Crippen LogP contribution in [-0.4, -0.2) is 19.3 Å². The number of benzene rings is 2. The molecule has 2 aromatic carbocycles. The van der Waals surface area contributed by atoms with Crippen LogP contribution in [0.4, 0.5) is 5.69 Å². The van der Waals surface area contributed by atoms with Gasteiger partial charge in [-0.1, -0.05) is 48.5 Å². The first kappa shape index (κ1) is 14.2. The minimum Gasteiger partial charge on any atom is -0.382 e. The van der Waals surface area contributed by atoms with Gasteiger partial charge in [0.1, 0.15) is 0 Å². The van der Waals surface area contributed by atoms with Gasteiger partial charge in [0.2, 0.25) is 0 Å². The summed E-state index contributed by atoms with van der Waals surface area (Å²) in [6.45, 7) is 1.82. The fourth-order valence-corrected chi connectivity index (χ4v) is 2.85. The molecule has 1 saturated heterocycles. The second-order valence-electron chi connectivity index (χ2n) is 5.69. The van der Waals surface area contributed by atoms with Gasteiger partial charge >= 0.3 is 0 Å².